The van der Waals surface area contributed by atoms with E-state index >= 15 is 0 Å². The van der Waals surface area contributed by atoms with Gasteiger partial charge in [-0.3, -0.25) is 0 Å². The van der Waals surface area contributed by atoms with Crippen molar-refractivity contribution < 1.29 is 0 Å². The summed E-state index contributed by atoms with van der Waals surface area (Å²) >= 11 is 0. The molecule has 1 aliphatic heterocycles. The number of nitrogens with zero attached hydrogens (tertiary/aromatic N) is 1. The molecule has 2 rings (SSSR count). The van der Waals surface area contributed by atoms with E-state index in [1.165, 1.54) is 42.7 Å². The van der Waals surface area contributed by atoms with Gasteiger partial charge in [-0.05, 0) is 76.0 Å². The Kier molecular flexibility index (Phi) is 4.06. The summed E-state index contributed by atoms with van der Waals surface area (Å²) in [7, 11) is 2.22. The Morgan fingerprint density at radius 3 is 2.53 bits per heavy atom. The van der Waals surface area contributed by atoms with Crippen molar-refractivity contribution in [1.29, 1.82) is 0 Å². The molecule has 0 aliphatic carbocycles. The van der Waals surface area contributed by atoms with Crippen LogP contribution in [0.1, 0.15) is 24.0 Å². The third-order valence-corrected chi connectivity index (χ3v) is 3.94. The average Bonchev–Trinajstić information content (AvgIpc) is 2.33. The van der Waals surface area contributed by atoms with Crippen LogP contribution in [0.25, 0.3) is 0 Å². The fourth-order valence-electron chi connectivity index (χ4n) is 2.38. The Bertz CT molecular complexity index is 365. The number of rotatable bonds is 3. The van der Waals surface area contributed by atoms with E-state index in [2.05, 4.69) is 49.3 Å². The Labute approximate surface area is 105 Å². The molecule has 94 valence electrons. The zero-order valence-electron chi connectivity index (χ0n) is 11.3. The topological polar surface area (TPSA) is 15.3 Å². The Morgan fingerprint density at radius 2 is 1.88 bits per heavy atom. The van der Waals surface area contributed by atoms with Crippen molar-refractivity contribution in [1.82, 2.24) is 4.90 Å². The van der Waals surface area contributed by atoms with Crippen LogP contribution in [0.4, 0.5) is 5.69 Å². The predicted molar refractivity (Wildman–Crippen MR) is 74.6 cm³/mol. The Balaban J connectivity index is 1.83. The van der Waals surface area contributed by atoms with Crippen LogP contribution in [0.2, 0.25) is 0 Å². The first-order valence-corrected chi connectivity index (χ1v) is 6.65. The highest BCUT2D eigenvalue weighted by Crippen LogP contribution is 2.18. The maximum Gasteiger partial charge on any atom is 0.0343 e. The van der Waals surface area contributed by atoms with Crippen molar-refractivity contribution in [3.63, 3.8) is 0 Å². The molecular formula is C15H24N2. The van der Waals surface area contributed by atoms with Gasteiger partial charge >= 0.3 is 0 Å². The molecule has 1 saturated heterocycles. The number of aryl methyl sites for hydroxylation is 2. The van der Waals surface area contributed by atoms with Gasteiger partial charge < -0.3 is 10.2 Å². The van der Waals surface area contributed by atoms with E-state index in [1.54, 1.807) is 0 Å². The van der Waals surface area contributed by atoms with Gasteiger partial charge in [-0.25, -0.2) is 0 Å². The Hall–Kier alpha value is -1.02. The molecule has 0 saturated carbocycles. The molecule has 0 radical (unpaired) electrons. The summed E-state index contributed by atoms with van der Waals surface area (Å²) in [6, 6.07) is 6.65. The van der Waals surface area contributed by atoms with Crippen molar-refractivity contribution in [2.75, 3.05) is 32.0 Å². The maximum atomic E-state index is 3.58. The summed E-state index contributed by atoms with van der Waals surface area (Å²) in [5.41, 5.74) is 4.01. The van der Waals surface area contributed by atoms with Crippen molar-refractivity contribution in [3.05, 3.63) is 29.3 Å². The molecule has 2 nitrogen and oxygen atoms in total. The minimum atomic E-state index is 0.841. The minimum absolute atomic E-state index is 0.841. The van der Waals surface area contributed by atoms with Gasteiger partial charge in [0.1, 0.15) is 0 Å². The fourth-order valence-corrected chi connectivity index (χ4v) is 2.38. The first-order valence-electron chi connectivity index (χ1n) is 6.65. The molecule has 0 spiro atoms. The molecule has 1 aromatic carbocycles. The van der Waals surface area contributed by atoms with E-state index < -0.39 is 0 Å². The second-order valence-electron chi connectivity index (χ2n) is 5.43. The molecule has 1 aromatic rings. The average molecular weight is 232 g/mol. The van der Waals surface area contributed by atoms with Gasteiger partial charge in [0.15, 0.2) is 0 Å². The first kappa shape index (κ1) is 12.4. The third-order valence-electron chi connectivity index (χ3n) is 3.94. The monoisotopic (exact) mass is 232 g/mol. The fraction of sp³-hybridized carbons (Fsp3) is 0.600. The van der Waals surface area contributed by atoms with Crippen LogP contribution in [0.5, 0.6) is 0 Å². The molecule has 0 amide bonds. The molecule has 0 bridgehead atoms. The van der Waals surface area contributed by atoms with Crippen LogP contribution >= 0.6 is 0 Å². The van der Waals surface area contributed by atoms with E-state index in [4.69, 9.17) is 0 Å². The van der Waals surface area contributed by atoms with Crippen LogP contribution in [0.3, 0.4) is 0 Å². The minimum Gasteiger partial charge on any atom is -0.385 e. The van der Waals surface area contributed by atoms with Crippen LogP contribution < -0.4 is 5.32 Å². The van der Waals surface area contributed by atoms with Gasteiger partial charge in [0.2, 0.25) is 0 Å². The van der Waals surface area contributed by atoms with Gasteiger partial charge in [0.25, 0.3) is 0 Å². The van der Waals surface area contributed by atoms with E-state index in [9.17, 15) is 0 Å². The highest BCUT2D eigenvalue weighted by atomic mass is 15.1. The summed E-state index contributed by atoms with van der Waals surface area (Å²) in [5.74, 6) is 0.841. The number of anilines is 1. The lowest BCUT2D eigenvalue weighted by Gasteiger charge is -2.29. The largest absolute Gasteiger partial charge is 0.385 e. The van der Waals surface area contributed by atoms with Crippen LogP contribution in [0, 0.1) is 19.8 Å². The Morgan fingerprint density at radius 1 is 1.18 bits per heavy atom. The van der Waals surface area contributed by atoms with Gasteiger partial charge in [-0.2, -0.15) is 0 Å². The van der Waals surface area contributed by atoms with Crippen molar-refractivity contribution in [2.45, 2.75) is 26.7 Å². The number of nitrogens with one attached hydrogen (secondary N) is 1. The number of benzene rings is 1. The molecule has 2 heteroatoms. The summed E-state index contributed by atoms with van der Waals surface area (Å²) in [5, 5.41) is 3.58. The molecule has 1 fully saturated rings. The zero-order valence-corrected chi connectivity index (χ0v) is 11.3. The molecule has 1 aliphatic rings. The number of likely N-dealkylation sites (tertiary alicyclic amines) is 1. The third kappa shape index (κ3) is 3.47. The summed E-state index contributed by atoms with van der Waals surface area (Å²) in [6.45, 7) is 7.96. The van der Waals surface area contributed by atoms with Gasteiger partial charge in [0.05, 0.1) is 0 Å². The summed E-state index contributed by atoms with van der Waals surface area (Å²) < 4.78 is 0. The second kappa shape index (κ2) is 5.54. The van der Waals surface area contributed by atoms with Crippen LogP contribution in [-0.2, 0) is 0 Å². The lowest BCUT2D eigenvalue weighted by atomic mass is 9.97. The lowest BCUT2D eigenvalue weighted by molar-refractivity contribution is 0.226. The van der Waals surface area contributed by atoms with Gasteiger partial charge in [-0.1, -0.05) is 6.07 Å². The van der Waals surface area contributed by atoms with E-state index in [-0.39, 0.29) is 0 Å². The van der Waals surface area contributed by atoms with Crippen molar-refractivity contribution >= 4 is 5.69 Å². The normalized spacial score (nSPS) is 18.3. The molecule has 0 unspecified atom stereocenters. The zero-order chi connectivity index (χ0) is 12.3. The molecule has 0 aromatic heterocycles. The number of piperidine rings is 1. The highest BCUT2D eigenvalue weighted by Gasteiger charge is 2.15. The molecule has 0 atom stereocenters. The first-order chi connectivity index (χ1) is 8.15. The van der Waals surface area contributed by atoms with E-state index in [0.717, 1.165) is 12.5 Å². The lowest BCUT2D eigenvalue weighted by Crippen LogP contribution is -2.32. The van der Waals surface area contributed by atoms with Crippen molar-refractivity contribution in [2.24, 2.45) is 5.92 Å². The van der Waals surface area contributed by atoms with E-state index in [0.29, 0.717) is 0 Å². The maximum absolute atomic E-state index is 3.58. The molecule has 17 heavy (non-hydrogen) atoms. The molecule has 1 N–H and O–H groups in total. The van der Waals surface area contributed by atoms with Crippen molar-refractivity contribution in [3.8, 4) is 0 Å². The SMILES string of the molecule is Cc1ccc(NCC2CCN(C)CC2)cc1C. The predicted octanol–water partition coefficient (Wildman–Crippen LogP) is 3.06. The second-order valence-corrected chi connectivity index (χ2v) is 5.43. The van der Waals surface area contributed by atoms with Gasteiger partial charge in [0, 0.05) is 12.2 Å². The standard InChI is InChI=1S/C15H24N2/c1-12-4-5-15(10-13(12)2)16-11-14-6-8-17(3)9-7-14/h4-5,10,14,16H,6-9,11H2,1-3H3. The van der Waals surface area contributed by atoms with Crippen LogP contribution in [0.15, 0.2) is 18.2 Å². The molecular weight excluding hydrogens is 208 g/mol. The van der Waals surface area contributed by atoms with Crippen LogP contribution in [-0.4, -0.2) is 31.6 Å². The number of hydrogen-bond donors (Lipinski definition) is 1. The molecule has 1 heterocycles. The van der Waals surface area contributed by atoms with Gasteiger partial charge in [-0.15, -0.1) is 0 Å². The quantitative estimate of drug-likeness (QED) is 0.861. The van der Waals surface area contributed by atoms with E-state index in [1.807, 2.05) is 0 Å². The smallest absolute Gasteiger partial charge is 0.0343 e. The summed E-state index contributed by atoms with van der Waals surface area (Å²) in [4.78, 5) is 2.42. The number of hydrogen-bond acceptors (Lipinski definition) is 2. The summed E-state index contributed by atoms with van der Waals surface area (Å²) in [6.07, 6.45) is 2.66. The highest BCUT2D eigenvalue weighted by molar-refractivity contribution is 5.48.